The molecule has 0 bridgehead atoms. The van der Waals surface area contributed by atoms with Crippen molar-refractivity contribution < 1.29 is 28.9 Å². The second-order valence-corrected chi connectivity index (χ2v) is 5.70. The number of hydrogen-bond donors (Lipinski definition) is 1. The molecule has 0 aliphatic carbocycles. The summed E-state index contributed by atoms with van der Waals surface area (Å²) in [4.78, 5) is 23.8. The second kappa shape index (κ2) is 10.3. The van der Waals surface area contributed by atoms with E-state index < -0.39 is 23.8 Å². The van der Waals surface area contributed by atoms with Crippen molar-refractivity contribution in [2.45, 2.75) is 51.4 Å². The Morgan fingerprint density at radius 2 is 1.88 bits per heavy atom. The largest absolute Gasteiger partial charge is 0.490 e. The van der Waals surface area contributed by atoms with Crippen molar-refractivity contribution in [2.24, 2.45) is 0 Å². The molecule has 2 unspecified atom stereocenters. The third kappa shape index (κ3) is 5.37. The second-order valence-electron chi connectivity index (χ2n) is 5.70. The van der Waals surface area contributed by atoms with Crippen LogP contribution in [0.15, 0.2) is 49.9 Å². The summed E-state index contributed by atoms with van der Waals surface area (Å²) in [6.07, 6.45) is 4.31. The summed E-state index contributed by atoms with van der Waals surface area (Å²) in [6.45, 7) is 11.1. The van der Waals surface area contributed by atoms with Gasteiger partial charge in [-0.3, -0.25) is 0 Å². The summed E-state index contributed by atoms with van der Waals surface area (Å²) < 4.78 is 16.9. The minimum Gasteiger partial charge on any atom is -0.490 e. The number of benzene rings is 1. The number of carboxylic acids is 1. The minimum atomic E-state index is -1.38. The van der Waals surface area contributed by atoms with Gasteiger partial charge in [0.1, 0.15) is 0 Å². The van der Waals surface area contributed by atoms with Crippen molar-refractivity contribution >= 4 is 11.9 Å². The molecule has 0 heterocycles. The molecular weight excluding hydrogens is 336 g/mol. The van der Waals surface area contributed by atoms with Crippen LogP contribution in [-0.4, -0.2) is 28.9 Å². The van der Waals surface area contributed by atoms with Gasteiger partial charge in [0.15, 0.2) is 6.10 Å². The predicted octanol–water partition coefficient (Wildman–Crippen LogP) is 4.53. The number of rotatable bonds is 12. The number of carbonyl (C=O) groups is 2. The van der Waals surface area contributed by atoms with Gasteiger partial charge in [-0.1, -0.05) is 39.5 Å². The molecule has 6 heteroatoms. The summed E-state index contributed by atoms with van der Waals surface area (Å²) in [6, 6.07) is 5.64. The number of aromatic carboxylic acids is 1. The van der Waals surface area contributed by atoms with E-state index in [9.17, 15) is 9.59 Å². The fourth-order valence-electron chi connectivity index (χ4n) is 2.69. The number of esters is 1. The zero-order valence-electron chi connectivity index (χ0n) is 15.3. The monoisotopic (exact) mass is 362 g/mol. The van der Waals surface area contributed by atoms with E-state index in [4.69, 9.17) is 19.3 Å². The molecule has 1 aromatic carbocycles. The maximum absolute atomic E-state index is 12.7. The Bertz CT molecular complexity index is 639. The molecule has 1 aromatic rings. The fourth-order valence-corrected chi connectivity index (χ4v) is 2.69. The lowest BCUT2D eigenvalue weighted by atomic mass is 9.99. The molecule has 2 atom stereocenters. The number of ether oxygens (including phenoxy) is 3. The molecule has 0 amide bonds. The Morgan fingerprint density at radius 3 is 2.42 bits per heavy atom. The smallest absolute Gasteiger partial charge is 0.341 e. The van der Waals surface area contributed by atoms with E-state index in [2.05, 4.69) is 13.2 Å². The summed E-state index contributed by atoms with van der Waals surface area (Å²) in [5.41, 5.74) is 0.115. The predicted molar refractivity (Wildman–Crippen MR) is 97.7 cm³/mol. The molecule has 0 fully saturated rings. The van der Waals surface area contributed by atoms with E-state index in [1.807, 2.05) is 13.8 Å². The quantitative estimate of drug-likeness (QED) is 0.334. The van der Waals surface area contributed by atoms with Crippen LogP contribution in [0, 0.1) is 0 Å². The average Bonchev–Trinajstić information content (AvgIpc) is 2.62. The van der Waals surface area contributed by atoms with Gasteiger partial charge < -0.3 is 19.3 Å². The summed E-state index contributed by atoms with van der Waals surface area (Å²) in [5, 5.41) is 9.10. The van der Waals surface area contributed by atoms with E-state index in [-0.39, 0.29) is 11.1 Å². The van der Waals surface area contributed by atoms with Crippen LogP contribution in [0.3, 0.4) is 0 Å². The van der Waals surface area contributed by atoms with E-state index in [1.54, 1.807) is 0 Å². The summed E-state index contributed by atoms with van der Waals surface area (Å²) >= 11 is 0. The molecule has 26 heavy (non-hydrogen) atoms. The Balaban J connectivity index is 3.23. The summed E-state index contributed by atoms with van der Waals surface area (Å²) in [5.74, 6) is -3.20. The van der Waals surface area contributed by atoms with Crippen molar-refractivity contribution in [2.75, 3.05) is 0 Å². The Labute approximate surface area is 154 Å². The molecule has 0 aliphatic rings. The highest BCUT2D eigenvalue weighted by Gasteiger charge is 2.45. The van der Waals surface area contributed by atoms with Crippen molar-refractivity contribution in [1.29, 1.82) is 0 Å². The fraction of sp³-hybridized carbons (Fsp3) is 0.400. The lowest BCUT2D eigenvalue weighted by molar-refractivity contribution is -0.234. The SMILES string of the molecule is C=COC(CCC)C(CCC)(OC=C)OC(=O)c1cccc(C(=O)O)c1. The number of carboxylic acid groups (broad SMARTS) is 1. The normalized spacial score (nSPS) is 13.8. The van der Waals surface area contributed by atoms with Crippen LogP contribution < -0.4 is 0 Å². The highest BCUT2D eigenvalue weighted by Crippen LogP contribution is 2.31. The average molecular weight is 362 g/mol. The maximum Gasteiger partial charge on any atom is 0.341 e. The molecule has 0 saturated carbocycles. The molecular formula is C20H26O6. The van der Waals surface area contributed by atoms with E-state index in [1.165, 1.54) is 36.8 Å². The van der Waals surface area contributed by atoms with Crippen molar-refractivity contribution in [1.82, 2.24) is 0 Å². The van der Waals surface area contributed by atoms with E-state index >= 15 is 0 Å². The van der Waals surface area contributed by atoms with Crippen LogP contribution in [-0.2, 0) is 14.2 Å². The van der Waals surface area contributed by atoms with Crippen molar-refractivity contribution in [3.63, 3.8) is 0 Å². The van der Waals surface area contributed by atoms with Crippen molar-refractivity contribution in [3.8, 4) is 0 Å². The van der Waals surface area contributed by atoms with Crippen LogP contribution in [0.2, 0.25) is 0 Å². The first-order valence-electron chi connectivity index (χ1n) is 8.55. The van der Waals surface area contributed by atoms with Gasteiger partial charge in [0.25, 0.3) is 5.79 Å². The Morgan fingerprint density at radius 1 is 1.19 bits per heavy atom. The molecule has 0 spiro atoms. The van der Waals surface area contributed by atoms with E-state index in [0.717, 1.165) is 6.42 Å². The van der Waals surface area contributed by atoms with Gasteiger partial charge in [-0.25, -0.2) is 9.59 Å². The summed E-state index contributed by atoms with van der Waals surface area (Å²) in [7, 11) is 0. The standard InChI is InChI=1S/C20H26O6/c1-5-10-17(24-7-3)20(13-6-2,25-8-4)26-19(23)16-12-9-11-15(14-16)18(21)22/h7-9,11-12,14,17H,3-6,10,13H2,1-2H3,(H,21,22). The van der Waals surface area contributed by atoms with Crippen LogP contribution >= 0.6 is 0 Å². The van der Waals surface area contributed by atoms with Crippen LogP contribution in [0.1, 0.15) is 60.2 Å². The first-order chi connectivity index (χ1) is 12.4. The van der Waals surface area contributed by atoms with Gasteiger partial charge in [-0.05, 0) is 31.0 Å². The molecule has 1 rings (SSSR count). The molecule has 0 radical (unpaired) electrons. The Kier molecular flexibility index (Phi) is 8.42. The molecule has 0 saturated heterocycles. The van der Waals surface area contributed by atoms with E-state index in [0.29, 0.717) is 19.3 Å². The first kappa shape index (κ1) is 21.3. The van der Waals surface area contributed by atoms with Crippen molar-refractivity contribution in [3.05, 3.63) is 61.1 Å². The molecule has 1 N–H and O–H groups in total. The van der Waals surface area contributed by atoms with Gasteiger partial charge in [0, 0.05) is 6.42 Å². The van der Waals surface area contributed by atoms with Crippen LogP contribution in [0.4, 0.5) is 0 Å². The van der Waals surface area contributed by atoms with Gasteiger partial charge in [0.05, 0.1) is 23.7 Å². The molecule has 6 nitrogen and oxygen atoms in total. The van der Waals surface area contributed by atoms with Gasteiger partial charge in [-0.15, -0.1) is 0 Å². The van der Waals surface area contributed by atoms with Gasteiger partial charge >= 0.3 is 11.9 Å². The minimum absolute atomic E-state index is 0.00219. The third-order valence-electron chi connectivity index (χ3n) is 3.79. The molecule has 0 aromatic heterocycles. The number of hydrogen-bond acceptors (Lipinski definition) is 5. The maximum atomic E-state index is 12.7. The third-order valence-corrected chi connectivity index (χ3v) is 3.79. The highest BCUT2D eigenvalue weighted by molar-refractivity contribution is 5.94. The lowest BCUT2D eigenvalue weighted by Crippen LogP contribution is -2.48. The number of carbonyl (C=O) groups excluding carboxylic acids is 1. The first-order valence-corrected chi connectivity index (χ1v) is 8.55. The zero-order valence-corrected chi connectivity index (χ0v) is 15.3. The highest BCUT2D eigenvalue weighted by atomic mass is 16.7. The lowest BCUT2D eigenvalue weighted by Gasteiger charge is -2.38. The van der Waals surface area contributed by atoms with Crippen LogP contribution in [0.25, 0.3) is 0 Å². The Hall–Kier alpha value is -2.76. The zero-order chi connectivity index (χ0) is 19.6. The molecule has 0 aliphatic heterocycles. The molecule has 142 valence electrons. The topological polar surface area (TPSA) is 82.1 Å². The van der Waals surface area contributed by atoms with Gasteiger partial charge in [-0.2, -0.15) is 0 Å². The van der Waals surface area contributed by atoms with Crippen LogP contribution in [0.5, 0.6) is 0 Å². The van der Waals surface area contributed by atoms with Gasteiger partial charge in [0.2, 0.25) is 0 Å².